The van der Waals surface area contributed by atoms with E-state index in [4.69, 9.17) is 0 Å². The van der Waals surface area contributed by atoms with E-state index in [-0.39, 0.29) is 21.9 Å². The zero-order valence-corrected chi connectivity index (χ0v) is 21.9. The molecule has 30 heavy (non-hydrogen) atoms. The van der Waals surface area contributed by atoms with E-state index < -0.39 is 8.07 Å². The Kier molecular flexibility index (Phi) is 5.86. The molecule has 0 spiro atoms. The maximum absolute atomic E-state index is 2.88. The van der Waals surface area contributed by atoms with Crippen molar-refractivity contribution in [2.75, 3.05) is 0 Å². The SMILES string of the molecule is CC1=C(C)C(I)([Si]2([c-]3cc(-c4ccccc4)c4ccccc43)CCC2)C(C)=C1C.[Li+]. The Bertz CT molecular complexity index is 1150. The maximum Gasteiger partial charge on any atom is 1.00 e. The molecule has 1 fully saturated rings. The second kappa shape index (κ2) is 7.89. The van der Waals surface area contributed by atoms with Crippen LogP contribution in [0.1, 0.15) is 34.1 Å². The van der Waals surface area contributed by atoms with Gasteiger partial charge >= 0.3 is 18.9 Å². The van der Waals surface area contributed by atoms with Gasteiger partial charge in [-0.3, -0.25) is 0 Å². The monoisotopic (exact) mass is 514 g/mol. The minimum Gasteiger partial charge on any atom is -0.148 e. The van der Waals surface area contributed by atoms with Crippen molar-refractivity contribution in [3.05, 3.63) is 83.0 Å². The van der Waals surface area contributed by atoms with E-state index in [9.17, 15) is 0 Å². The van der Waals surface area contributed by atoms with Crippen molar-refractivity contribution in [1.29, 1.82) is 0 Å². The third kappa shape index (κ3) is 2.80. The Morgan fingerprint density at radius 2 is 1.40 bits per heavy atom. The van der Waals surface area contributed by atoms with Crippen LogP contribution in [0.5, 0.6) is 0 Å². The molecule has 0 amide bonds. The fraction of sp³-hybridized carbons (Fsp3) is 0.296. The summed E-state index contributed by atoms with van der Waals surface area (Å²) in [5.74, 6) is 0. The second-order valence-electron chi connectivity index (χ2n) is 8.98. The minimum absolute atomic E-state index is 0. The number of hydrogen-bond donors (Lipinski definition) is 0. The molecule has 0 aromatic heterocycles. The number of hydrogen-bond acceptors (Lipinski definition) is 0. The summed E-state index contributed by atoms with van der Waals surface area (Å²) in [6.07, 6.45) is 1.38. The van der Waals surface area contributed by atoms with Gasteiger partial charge < -0.3 is 0 Å². The average molecular weight is 514 g/mol. The first kappa shape index (κ1) is 22.3. The van der Waals surface area contributed by atoms with Gasteiger partial charge in [-0.05, 0) is 38.8 Å². The van der Waals surface area contributed by atoms with Crippen molar-refractivity contribution in [2.24, 2.45) is 0 Å². The summed E-state index contributed by atoms with van der Waals surface area (Å²) in [5.41, 5.74) is 9.10. The van der Waals surface area contributed by atoms with Crippen LogP contribution in [0.3, 0.4) is 0 Å². The first-order valence-electron chi connectivity index (χ1n) is 10.7. The Hall–Kier alpha value is -0.926. The summed E-state index contributed by atoms with van der Waals surface area (Å²) in [6, 6.07) is 25.5. The van der Waals surface area contributed by atoms with Crippen molar-refractivity contribution in [2.45, 2.75) is 49.2 Å². The van der Waals surface area contributed by atoms with Gasteiger partial charge in [0.25, 0.3) is 0 Å². The van der Waals surface area contributed by atoms with Crippen LogP contribution in [0.4, 0.5) is 0 Å². The number of halogens is 1. The molecule has 1 aliphatic heterocycles. The van der Waals surface area contributed by atoms with Crippen molar-refractivity contribution < 1.29 is 18.9 Å². The summed E-state index contributed by atoms with van der Waals surface area (Å²) in [7, 11) is -1.73. The molecule has 148 valence electrons. The summed E-state index contributed by atoms with van der Waals surface area (Å²) in [6.45, 7) is 9.51. The topological polar surface area (TPSA) is 0 Å². The van der Waals surface area contributed by atoms with Crippen molar-refractivity contribution in [3.63, 3.8) is 0 Å². The summed E-state index contributed by atoms with van der Waals surface area (Å²) in [4.78, 5) is 0. The van der Waals surface area contributed by atoms with Gasteiger partial charge in [-0.2, -0.15) is 0 Å². The molecule has 0 unspecified atom stereocenters. The molecule has 0 bridgehead atoms. The van der Waals surface area contributed by atoms with Gasteiger partial charge in [0.15, 0.2) is 0 Å². The van der Waals surface area contributed by atoms with Gasteiger partial charge in [0.05, 0.1) is 11.1 Å². The molecule has 3 heteroatoms. The molecule has 3 aromatic rings. The number of alkyl halides is 1. The van der Waals surface area contributed by atoms with E-state index in [1.54, 1.807) is 16.3 Å². The summed E-state index contributed by atoms with van der Waals surface area (Å²) >= 11 is 2.88. The van der Waals surface area contributed by atoms with Crippen LogP contribution in [0.25, 0.3) is 21.9 Å². The van der Waals surface area contributed by atoms with Crippen molar-refractivity contribution in [1.82, 2.24) is 0 Å². The van der Waals surface area contributed by atoms with Gasteiger partial charge in [0.1, 0.15) is 0 Å². The fourth-order valence-corrected chi connectivity index (χ4v) is 14.8. The van der Waals surface area contributed by atoms with E-state index in [2.05, 4.69) is 111 Å². The van der Waals surface area contributed by atoms with E-state index in [0.29, 0.717) is 0 Å². The second-order valence-corrected chi connectivity index (χ2v) is 16.1. The van der Waals surface area contributed by atoms with Crippen molar-refractivity contribution in [3.8, 4) is 11.1 Å². The number of allylic oxidation sites excluding steroid dienone is 4. The zero-order valence-electron chi connectivity index (χ0n) is 18.8. The van der Waals surface area contributed by atoms with Crippen LogP contribution in [-0.2, 0) is 0 Å². The van der Waals surface area contributed by atoms with Gasteiger partial charge in [-0.25, -0.2) is 0 Å². The number of fused-ring (bicyclic) bond motifs is 1. The fourth-order valence-electron chi connectivity index (χ4n) is 5.91. The first-order chi connectivity index (χ1) is 13.9. The Morgan fingerprint density at radius 1 is 0.833 bits per heavy atom. The normalized spacial score (nSPS) is 19.8. The first-order valence-corrected chi connectivity index (χ1v) is 14.2. The molecule has 1 saturated heterocycles. The minimum atomic E-state index is -1.73. The van der Waals surface area contributed by atoms with Gasteiger partial charge in [-0.1, -0.05) is 94.2 Å². The Balaban J connectivity index is 0.00000218. The maximum atomic E-state index is 2.88. The molecular weight excluding hydrogens is 486 g/mol. The standard InChI is InChI=1S/C27H28ISi.Li/c1-18-19(2)21(4)27(28,20(18)3)29(15-10-16-29)26-17-25(22-11-6-5-7-12-22)23-13-8-9-14-24(23)26;/h5-9,11-14,17H,10,15-16H2,1-4H3;/q-1;+1. The quantitative estimate of drug-likeness (QED) is 0.206. The molecular formula is C27H28ILiSi. The molecule has 0 atom stereocenters. The Labute approximate surface area is 207 Å². The molecule has 0 N–H and O–H groups in total. The van der Waals surface area contributed by atoms with Crippen molar-refractivity contribution >= 4 is 46.6 Å². The Morgan fingerprint density at radius 3 is 1.97 bits per heavy atom. The molecule has 0 saturated carbocycles. The molecule has 3 aromatic carbocycles. The average Bonchev–Trinajstić information content (AvgIpc) is 3.16. The van der Waals surface area contributed by atoms with Crippen LogP contribution in [0.15, 0.2) is 83.0 Å². The molecule has 1 aliphatic carbocycles. The van der Waals surface area contributed by atoms with Crippen LogP contribution in [0.2, 0.25) is 12.1 Å². The third-order valence-corrected chi connectivity index (χ3v) is 18.6. The van der Waals surface area contributed by atoms with Gasteiger partial charge in [-0.15, -0.1) is 45.8 Å². The predicted molar refractivity (Wildman–Crippen MR) is 138 cm³/mol. The van der Waals surface area contributed by atoms with Crippen LogP contribution < -0.4 is 24.0 Å². The van der Waals surface area contributed by atoms with E-state index in [1.807, 2.05) is 0 Å². The number of rotatable bonds is 3. The van der Waals surface area contributed by atoms with E-state index in [1.165, 1.54) is 51.6 Å². The van der Waals surface area contributed by atoms with Gasteiger partial charge in [0.2, 0.25) is 0 Å². The van der Waals surface area contributed by atoms with Crippen LogP contribution >= 0.6 is 22.6 Å². The van der Waals surface area contributed by atoms with E-state index >= 15 is 0 Å². The third-order valence-electron chi connectivity index (χ3n) is 7.98. The van der Waals surface area contributed by atoms with Crippen LogP contribution in [0, 0.1) is 0 Å². The van der Waals surface area contributed by atoms with Crippen LogP contribution in [-0.4, -0.2) is 11.1 Å². The summed E-state index contributed by atoms with van der Waals surface area (Å²) in [5, 5.41) is 4.65. The zero-order chi connectivity index (χ0) is 20.4. The predicted octanol–water partition coefficient (Wildman–Crippen LogP) is 4.69. The molecule has 1 heterocycles. The largest absolute Gasteiger partial charge is 1.00 e. The van der Waals surface area contributed by atoms with Gasteiger partial charge in [0, 0.05) is 0 Å². The smallest absolute Gasteiger partial charge is 0.148 e. The number of benzene rings is 2. The van der Waals surface area contributed by atoms with E-state index in [0.717, 1.165) is 0 Å². The molecule has 0 nitrogen and oxygen atoms in total. The summed E-state index contributed by atoms with van der Waals surface area (Å²) < 4.78 is 0.224. The molecule has 5 rings (SSSR count). The molecule has 0 radical (unpaired) electrons. The molecule has 2 aliphatic rings.